The van der Waals surface area contributed by atoms with Crippen molar-refractivity contribution in [3.05, 3.63) is 18.3 Å². The van der Waals surface area contributed by atoms with Gasteiger partial charge in [-0.25, -0.2) is 4.98 Å². The van der Waals surface area contributed by atoms with Crippen LogP contribution in [0.4, 0.5) is 11.5 Å². The normalized spacial score (nSPS) is 19.5. The Bertz CT molecular complexity index is 356. The Labute approximate surface area is 86.5 Å². The fourth-order valence-corrected chi connectivity index (χ4v) is 1.92. The summed E-state index contributed by atoms with van der Waals surface area (Å²) >= 11 is 1.64. The van der Waals surface area contributed by atoms with E-state index in [0.29, 0.717) is 0 Å². The zero-order chi connectivity index (χ0) is 9.97. The van der Waals surface area contributed by atoms with Crippen molar-refractivity contribution >= 4 is 29.2 Å². The molecule has 1 aromatic heterocycles. The zero-order valence-corrected chi connectivity index (χ0v) is 8.60. The van der Waals surface area contributed by atoms with Gasteiger partial charge in [-0.2, -0.15) is 11.8 Å². The number of hydrogen-bond acceptors (Lipinski definition) is 4. The summed E-state index contributed by atoms with van der Waals surface area (Å²) in [6.07, 6.45) is 3.68. The van der Waals surface area contributed by atoms with E-state index < -0.39 is 0 Å². The Morgan fingerprint density at radius 3 is 3.29 bits per heavy atom. The van der Waals surface area contributed by atoms with Crippen LogP contribution < -0.4 is 10.6 Å². The van der Waals surface area contributed by atoms with Crippen molar-refractivity contribution in [2.75, 3.05) is 22.6 Å². The molecule has 1 aliphatic rings. The molecule has 1 aliphatic heterocycles. The topological polar surface area (TPSA) is 54.0 Å². The van der Waals surface area contributed by atoms with E-state index in [1.54, 1.807) is 24.0 Å². The number of carbonyl (C=O) groups is 1. The van der Waals surface area contributed by atoms with E-state index in [1.165, 1.54) is 0 Å². The second kappa shape index (κ2) is 3.88. The first-order chi connectivity index (χ1) is 6.81. The number of nitrogens with one attached hydrogen (secondary N) is 2. The number of fused-ring (bicyclic) bond motifs is 1. The first kappa shape index (κ1) is 9.33. The number of nitrogens with zero attached hydrogens (tertiary/aromatic N) is 1. The maximum absolute atomic E-state index is 11.5. The van der Waals surface area contributed by atoms with E-state index in [1.807, 2.05) is 12.3 Å². The van der Waals surface area contributed by atoms with Gasteiger partial charge in [0.25, 0.3) is 0 Å². The van der Waals surface area contributed by atoms with Crippen molar-refractivity contribution < 1.29 is 4.79 Å². The molecule has 0 saturated heterocycles. The average molecular weight is 209 g/mol. The van der Waals surface area contributed by atoms with Crippen molar-refractivity contribution in [3.63, 3.8) is 0 Å². The third-order valence-electron chi connectivity index (χ3n) is 2.03. The molecule has 4 nitrogen and oxygen atoms in total. The molecule has 74 valence electrons. The Kier molecular flexibility index (Phi) is 2.58. The number of hydrogen-bond donors (Lipinski definition) is 2. The Balaban J connectivity index is 2.22. The smallest absolute Gasteiger partial charge is 0.247 e. The van der Waals surface area contributed by atoms with Crippen molar-refractivity contribution in [2.24, 2.45) is 0 Å². The summed E-state index contributed by atoms with van der Waals surface area (Å²) < 4.78 is 0. The number of carbonyl (C=O) groups excluding carboxylic acids is 1. The van der Waals surface area contributed by atoms with Crippen molar-refractivity contribution in [3.8, 4) is 0 Å². The van der Waals surface area contributed by atoms with E-state index in [0.717, 1.165) is 17.3 Å². The fourth-order valence-electron chi connectivity index (χ4n) is 1.36. The van der Waals surface area contributed by atoms with E-state index in [2.05, 4.69) is 15.6 Å². The molecule has 1 atom stereocenters. The molecule has 0 radical (unpaired) electrons. The lowest BCUT2D eigenvalue weighted by molar-refractivity contribution is -0.116. The summed E-state index contributed by atoms with van der Waals surface area (Å²) in [5.74, 6) is 1.52. The highest BCUT2D eigenvalue weighted by molar-refractivity contribution is 7.98. The van der Waals surface area contributed by atoms with Crippen LogP contribution in [0.3, 0.4) is 0 Å². The van der Waals surface area contributed by atoms with Crippen LogP contribution in [-0.2, 0) is 4.79 Å². The molecule has 0 spiro atoms. The van der Waals surface area contributed by atoms with Crippen LogP contribution in [0.15, 0.2) is 18.3 Å². The van der Waals surface area contributed by atoms with Crippen molar-refractivity contribution in [1.82, 2.24) is 4.98 Å². The molecule has 14 heavy (non-hydrogen) atoms. The first-order valence-electron chi connectivity index (χ1n) is 4.32. The SMILES string of the molecule is CSC[C@H]1Nc2ncccc2NC1=O. The minimum Gasteiger partial charge on any atom is -0.356 e. The Morgan fingerprint density at radius 1 is 1.64 bits per heavy atom. The van der Waals surface area contributed by atoms with E-state index >= 15 is 0 Å². The first-order valence-corrected chi connectivity index (χ1v) is 5.72. The predicted octanol–water partition coefficient (Wildman–Crippen LogP) is 1.18. The largest absolute Gasteiger partial charge is 0.356 e. The summed E-state index contributed by atoms with van der Waals surface area (Å²) in [4.78, 5) is 15.7. The maximum atomic E-state index is 11.5. The molecule has 5 heteroatoms. The van der Waals surface area contributed by atoms with Gasteiger partial charge >= 0.3 is 0 Å². The standard InChI is InChI=1S/C9H11N3OS/c1-14-5-7-9(13)12-6-3-2-4-10-8(6)11-7/h2-4,7H,5H2,1H3,(H,10,11)(H,12,13)/t7-/m1/s1. The van der Waals surface area contributed by atoms with E-state index in [-0.39, 0.29) is 11.9 Å². The molecular formula is C9H11N3OS. The third kappa shape index (κ3) is 1.68. The molecule has 2 rings (SSSR count). The van der Waals surface area contributed by atoms with E-state index in [9.17, 15) is 4.79 Å². The minimum atomic E-state index is -0.174. The summed E-state index contributed by atoms with van der Waals surface area (Å²) in [6.45, 7) is 0. The molecule has 2 heterocycles. The van der Waals surface area contributed by atoms with Gasteiger partial charge in [-0.15, -0.1) is 0 Å². The van der Waals surface area contributed by atoms with Crippen LogP contribution in [0.1, 0.15) is 0 Å². The number of rotatable bonds is 2. The quantitative estimate of drug-likeness (QED) is 0.768. The number of pyridine rings is 1. The second-order valence-corrected chi connectivity index (χ2v) is 3.95. The summed E-state index contributed by atoms with van der Waals surface area (Å²) in [5.41, 5.74) is 0.759. The second-order valence-electron chi connectivity index (χ2n) is 3.04. The zero-order valence-electron chi connectivity index (χ0n) is 7.78. The van der Waals surface area contributed by atoms with Gasteiger partial charge in [-0.3, -0.25) is 4.79 Å². The van der Waals surface area contributed by atoms with Crippen LogP contribution >= 0.6 is 11.8 Å². The molecule has 0 aliphatic carbocycles. The fraction of sp³-hybridized carbons (Fsp3) is 0.333. The molecule has 1 aromatic rings. The molecule has 0 aromatic carbocycles. The number of aromatic nitrogens is 1. The van der Waals surface area contributed by atoms with Crippen LogP contribution in [0.2, 0.25) is 0 Å². The highest BCUT2D eigenvalue weighted by atomic mass is 32.2. The predicted molar refractivity (Wildman–Crippen MR) is 58.7 cm³/mol. The third-order valence-corrected chi connectivity index (χ3v) is 2.69. The van der Waals surface area contributed by atoms with Gasteiger partial charge < -0.3 is 10.6 Å². The highest BCUT2D eigenvalue weighted by Crippen LogP contribution is 2.23. The monoisotopic (exact) mass is 209 g/mol. The van der Waals surface area contributed by atoms with Crippen molar-refractivity contribution in [1.29, 1.82) is 0 Å². The summed E-state index contributed by atoms with van der Waals surface area (Å²) in [5, 5.41) is 5.92. The molecule has 0 unspecified atom stereocenters. The summed E-state index contributed by atoms with van der Waals surface area (Å²) in [7, 11) is 0. The number of amides is 1. The lowest BCUT2D eigenvalue weighted by atomic mass is 10.2. The van der Waals surface area contributed by atoms with Gasteiger partial charge in [-0.05, 0) is 18.4 Å². The lowest BCUT2D eigenvalue weighted by Gasteiger charge is -2.24. The van der Waals surface area contributed by atoms with Crippen LogP contribution in [-0.4, -0.2) is 28.9 Å². The molecule has 2 N–H and O–H groups in total. The average Bonchev–Trinajstić information content (AvgIpc) is 2.19. The van der Waals surface area contributed by atoms with E-state index in [4.69, 9.17) is 0 Å². The summed E-state index contributed by atoms with van der Waals surface area (Å²) in [6, 6.07) is 3.46. The Hall–Kier alpha value is -1.23. The van der Waals surface area contributed by atoms with Gasteiger partial charge in [0.1, 0.15) is 11.9 Å². The van der Waals surface area contributed by atoms with Gasteiger partial charge in [0.15, 0.2) is 0 Å². The van der Waals surface area contributed by atoms with Crippen LogP contribution in [0.25, 0.3) is 0 Å². The maximum Gasteiger partial charge on any atom is 0.247 e. The lowest BCUT2D eigenvalue weighted by Crippen LogP contribution is -2.40. The molecule has 0 bridgehead atoms. The van der Waals surface area contributed by atoms with Gasteiger partial charge in [0.05, 0.1) is 5.69 Å². The minimum absolute atomic E-state index is 0.0138. The Morgan fingerprint density at radius 2 is 2.50 bits per heavy atom. The molecule has 0 fully saturated rings. The van der Waals surface area contributed by atoms with Gasteiger partial charge in [0.2, 0.25) is 5.91 Å². The molecule has 0 saturated carbocycles. The number of anilines is 2. The number of thioether (sulfide) groups is 1. The molecular weight excluding hydrogens is 198 g/mol. The van der Waals surface area contributed by atoms with Gasteiger partial charge in [-0.1, -0.05) is 0 Å². The molecule has 1 amide bonds. The van der Waals surface area contributed by atoms with Gasteiger partial charge in [0, 0.05) is 11.9 Å². The van der Waals surface area contributed by atoms with Crippen molar-refractivity contribution in [2.45, 2.75) is 6.04 Å². The highest BCUT2D eigenvalue weighted by Gasteiger charge is 2.24. The van der Waals surface area contributed by atoms with Crippen LogP contribution in [0, 0.1) is 0 Å². The van der Waals surface area contributed by atoms with Crippen LogP contribution in [0.5, 0.6) is 0 Å².